The van der Waals surface area contributed by atoms with Crippen LogP contribution >= 0.6 is 0 Å². The van der Waals surface area contributed by atoms with Gasteiger partial charge in [-0.05, 0) is 69.5 Å². The van der Waals surface area contributed by atoms with Crippen LogP contribution in [0.2, 0.25) is 0 Å². The van der Waals surface area contributed by atoms with Crippen molar-refractivity contribution in [2.75, 3.05) is 0 Å². The summed E-state index contributed by atoms with van der Waals surface area (Å²) in [6, 6.07) is 6.04. The Morgan fingerprint density at radius 1 is 1.24 bits per heavy atom. The number of aryl methyl sites for hydroxylation is 1. The molecule has 0 bridgehead atoms. The van der Waals surface area contributed by atoms with Crippen LogP contribution in [0.3, 0.4) is 0 Å². The molecule has 0 saturated heterocycles. The first-order valence-corrected chi connectivity index (χ1v) is 6.99. The maximum absolute atomic E-state index is 7.05. The fourth-order valence-electron chi connectivity index (χ4n) is 1.99. The van der Waals surface area contributed by atoms with Crippen molar-refractivity contribution in [3.63, 3.8) is 0 Å². The lowest BCUT2D eigenvalue weighted by molar-refractivity contribution is 1.16. The fourth-order valence-corrected chi connectivity index (χ4v) is 1.99. The van der Waals surface area contributed by atoms with E-state index in [1.54, 1.807) is 0 Å². The Morgan fingerprint density at radius 2 is 1.95 bits per heavy atom. The monoisotopic (exact) mass is 281 g/mol. The first-order chi connectivity index (χ1) is 9.99. The standard InChI is InChI=1S/C18H23N3/c1-6-8-17(11-14(3)20-12-19)15(4)16(5)18-10-7-9-13(2)21-18/h6-12,19H,1-5H3/b8-6-,16-15-,17-11+,19-12?,20-14+. The summed E-state index contributed by atoms with van der Waals surface area (Å²) in [6.45, 7) is 10.0. The third-order valence-electron chi connectivity index (χ3n) is 3.25. The van der Waals surface area contributed by atoms with Gasteiger partial charge >= 0.3 is 0 Å². The number of hydrogen-bond acceptors (Lipinski definition) is 2. The summed E-state index contributed by atoms with van der Waals surface area (Å²) in [5.41, 5.74) is 6.20. The van der Waals surface area contributed by atoms with Gasteiger partial charge in [-0.1, -0.05) is 18.2 Å². The zero-order chi connectivity index (χ0) is 15.8. The van der Waals surface area contributed by atoms with Crippen molar-refractivity contribution in [1.29, 1.82) is 5.41 Å². The molecule has 1 N–H and O–H groups in total. The van der Waals surface area contributed by atoms with Crippen molar-refractivity contribution in [2.45, 2.75) is 34.6 Å². The molecule has 0 aliphatic carbocycles. The van der Waals surface area contributed by atoms with Crippen LogP contribution in [0.15, 0.2) is 52.6 Å². The van der Waals surface area contributed by atoms with E-state index in [0.717, 1.165) is 40.2 Å². The lowest BCUT2D eigenvalue weighted by Gasteiger charge is -2.10. The summed E-state index contributed by atoms with van der Waals surface area (Å²) in [5.74, 6) is 0. The third-order valence-corrected chi connectivity index (χ3v) is 3.25. The Bertz CT molecular complexity index is 632. The molecular formula is C18H23N3. The summed E-state index contributed by atoms with van der Waals surface area (Å²) < 4.78 is 0. The molecule has 0 saturated carbocycles. The van der Waals surface area contributed by atoms with E-state index in [0.29, 0.717) is 0 Å². The van der Waals surface area contributed by atoms with Crippen LogP contribution in [0.4, 0.5) is 0 Å². The lowest BCUT2D eigenvalue weighted by atomic mass is 9.98. The highest BCUT2D eigenvalue weighted by atomic mass is 14.7. The molecule has 1 aromatic heterocycles. The highest BCUT2D eigenvalue weighted by Gasteiger charge is 2.06. The van der Waals surface area contributed by atoms with Crippen molar-refractivity contribution in [1.82, 2.24) is 4.98 Å². The smallest absolute Gasteiger partial charge is 0.107 e. The van der Waals surface area contributed by atoms with Crippen LogP contribution in [0.25, 0.3) is 5.57 Å². The largest absolute Gasteiger partial charge is 0.290 e. The number of nitrogens with zero attached hydrogens (tertiary/aromatic N) is 2. The van der Waals surface area contributed by atoms with Gasteiger partial charge in [-0.2, -0.15) is 0 Å². The average molecular weight is 281 g/mol. The van der Waals surface area contributed by atoms with Gasteiger partial charge in [0.05, 0.1) is 5.69 Å². The van der Waals surface area contributed by atoms with E-state index in [9.17, 15) is 0 Å². The van der Waals surface area contributed by atoms with Crippen LogP contribution in [-0.2, 0) is 0 Å². The van der Waals surface area contributed by atoms with Gasteiger partial charge in [-0.25, -0.2) is 4.99 Å². The van der Waals surface area contributed by atoms with Gasteiger partial charge in [0.25, 0.3) is 0 Å². The average Bonchev–Trinajstić information content (AvgIpc) is 2.45. The van der Waals surface area contributed by atoms with E-state index in [4.69, 9.17) is 5.41 Å². The van der Waals surface area contributed by atoms with Gasteiger partial charge in [0.2, 0.25) is 0 Å². The normalized spacial score (nSPS) is 14.3. The molecule has 3 nitrogen and oxygen atoms in total. The maximum Gasteiger partial charge on any atom is 0.107 e. The van der Waals surface area contributed by atoms with Gasteiger partial charge in [-0.3, -0.25) is 10.4 Å². The van der Waals surface area contributed by atoms with Crippen LogP contribution in [-0.4, -0.2) is 17.0 Å². The Balaban J connectivity index is 3.33. The van der Waals surface area contributed by atoms with E-state index in [2.05, 4.69) is 29.9 Å². The predicted molar refractivity (Wildman–Crippen MR) is 92.0 cm³/mol. The highest BCUT2D eigenvalue weighted by Crippen LogP contribution is 2.23. The van der Waals surface area contributed by atoms with Crippen molar-refractivity contribution in [3.05, 3.63) is 59.0 Å². The molecule has 21 heavy (non-hydrogen) atoms. The number of nitrogens with one attached hydrogen (secondary N) is 1. The van der Waals surface area contributed by atoms with Crippen molar-refractivity contribution in [2.24, 2.45) is 4.99 Å². The quantitative estimate of drug-likeness (QED) is 0.472. The zero-order valence-electron chi connectivity index (χ0n) is 13.4. The molecule has 0 atom stereocenters. The predicted octanol–water partition coefficient (Wildman–Crippen LogP) is 4.75. The summed E-state index contributed by atoms with van der Waals surface area (Å²) in [6.07, 6.45) is 7.11. The minimum atomic E-state index is 0.808. The molecule has 1 rings (SSSR count). The summed E-state index contributed by atoms with van der Waals surface area (Å²) in [4.78, 5) is 8.56. The van der Waals surface area contributed by atoms with Gasteiger partial charge in [0.15, 0.2) is 0 Å². The molecule has 0 aromatic carbocycles. The van der Waals surface area contributed by atoms with Crippen LogP contribution < -0.4 is 0 Å². The fraction of sp³-hybridized carbons (Fsp3) is 0.278. The number of allylic oxidation sites excluding steroid dienone is 6. The van der Waals surface area contributed by atoms with E-state index in [1.165, 1.54) is 0 Å². The molecule has 0 radical (unpaired) electrons. The minimum absolute atomic E-state index is 0.808. The molecule has 110 valence electrons. The van der Waals surface area contributed by atoms with E-state index >= 15 is 0 Å². The van der Waals surface area contributed by atoms with Gasteiger partial charge in [0, 0.05) is 11.4 Å². The number of rotatable bonds is 5. The Morgan fingerprint density at radius 3 is 2.52 bits per heavy atom. The molecule has 0 spiro atoms. The van der Waals surface area contributed by atoms with Crippen molar-refractivity contribution < 1.29 is 0 Å². The maximum atomic E-state index is 7.05. The topological polar surface area (TPSA) is 49.1 Å². The zero-order valence-corrected chi connectivity index (χ0v) is 13.4. The Kier molecular flexibility index (Phi) is 6.47. The number of aromatic nitrogens is 1. The molecule has 0 aliphatic heterocycles. The van der Waals surface area contributed by atoms with Crippen LogP contribution in [0, 0.1) is 12.3 Å². The number of pyridine rings is 1. The Labute approximate surface area is 127 Å². The third kappa shape index (κ3) is 4.95. The molecule has 0 amide bonds. The second-order valence-corrected chi connectivity index (χ2v) is 4.91. The SMILES string of the molecule is C\C=C/C(=C\C(C)=N\C=N)C(/C)=C(/C)c1cccc(C)n1. The van der Waals surface area contributed by atoms with Crippen LogP contribution in [0.1, 0.15) is 39.1 Å². The summed E-state index contributed by atoms with van der Waals surface area (Å²) in [5, 5.41) is 7.05. The summed E-state index contributed by atoms with van der Waals surface area (Å²) in [7, 11) is 0. The van der Waals surface area contributed by atoms with Gasteiger partial charge in [-0.15, -0.1) is 0 Å². The van der Waals surface area contributed by atoms with E-state index in [1.807, 2.05) is 51.1 Å². The van der Waals surface area contributed by atoms with Crippen LogP contribution in [0.5, 0.6) is 0 Å². The highest BCUT2D eigenvalue weighted by molar-refractivity contribution is 5.98. The lowest BCUT2D eigenvalue weighted by Crippen LogP contribution is -1.95. The van der Waals surface area contributed by atoms with Gasteiger partial charge in [0.1, 0.15) is 6.34 Å². The van der Waals surface area contributed by atoms with E-state index < -0.39 is 0 Å². The molecule has 3 heteroatoms. The summed E-state index contributed by atoms with van der Waals surface area (Å²) >= 11 is 0. The first-order valence-electron chi connectivity index (χ1n) is 6.99. The molecule has 0 unspecified atom stereocenters. The van der Waals surface area contributed by atoms with Crippen molar-refractivity contribution in [3.8, 4) is 0 Å². The molecule has 0 fully saturated rings. The Hall–Kier alpha value is -2.29. The van der Waals surface area contributed by atoms with Gasteiger partial charge < -0.3 is 0 Å². The number of hydrogen-bond donors (Lipinski definition) is 1. The second kappa shape index (κ2) is 8.10. The van der Waals surface area contributed by atoms with E-state index in [-0.39, 0.29) is 0 Å². The second-order valence-electron chi connectivity index (χ2n) is 4.91. The molecule has 1 heterocycles. The minimum Gasteiger partial charge on any atom is -0.290 e. The van der Waals surface area contributed by atoms with Crippen molar-refractivity contribution >= 4 is 17.6 Å². The molecule has 1 aromatic rings. The number of aliphatic imine (C=N–C) groups is 1. The first kappa shape index (κ1) is 16.8. The molecular weight excluding hydrogens is 258 g/mol. The molecule has 0 aliphatic rings.